The van der Waals surface area contributed by atoms with E-state index in [2.05, 4.69) is 0 Å². The fraction of sp³-hybridized carbons (Fsp3) is 0. The van der Waals surface area contributed by atoms with Crippen LogP contribution in [0.1, 0.15) is 0 Å². The van der Waals surface area contributed by atoms with E-state index in [0.717, 1.165) is 0 Å². The Bertz CT molecular complexity index is 913. The molecule has 0 spiro atoms. The van der Waals surface area contributed by atoms with Gasteiger partial charge in [0.15, 0.2) is 0 Å². The molecule has 5 aromatic carbocycles. The van der Waals surface area contributed by atoms with Crippen molar-refractivity contribution in [3.05, 3.63) is 152 Å². The molecule has 5 rings (SSSR count). The molecule has 0 bridgehead atoms. The van der Waals surface area contributed by atoms with E-state index in [0.29, 0.717) is 28.7 Å². The summed E-state index contributed by atoms with van der Waals surface area (Å²) in [7, 11) is 0. The van der Waals surface area contributed by atoms with Crippen LogP contribution in [0.15, 0.2) is 152 Å². The Morgan fingerprint density at radius 3 is 0.366 bits per heavy atom. The molecule has 5 aromatic rings. The van der Waals surface area contributed by atoms with Crippen LogP contribution in [0.3, 0.4) is 0 Å². The second-order valence-corrected chi connectivity index (χ2v) is 6.68. The van der Waals surface area contributed by atoms with Gasteiger partial charge in [-0.1, -0.05) is 91.0 Å². The van der Waals surface area contributed by atoms with E-state index in [1.165, 1.54) is 0 Å². The summed E-state index contributed by atoms with van der Waals surface area (Å²) in [5, 5.41) is 43.2. The maximum Gasteiger partial charge on any atom is 0.115 e. The van der Waals surface area contributed by atoms with Crippen LogP contribution in [0.5, 0.6) is 28.7 Å². The summed E-state index contributed by atoms with van der Waals surface area (Å²) in [6, 6.07) is 43.6. The summed E-state index contributed by atoms with van der Waals surface area (Å²) < 4.78 is 0. The van der Waals surface area contributed by atoms with Crippen molar-refractivity contribution in [2.24, 2.45) is 0 Å². The van der Waals surface area contributed by atoms with Crippen LogP contribution in [0, 0.1) is 0 Å². The molecule has 0 saturated heterocycles. The van der Waals surface area contributed by atoms with E-state index in [-0.39, 0.29) is 114 Å². The number of phenolic OH excluding ortho intramolecular Hbond substituents is 5. The van der Waals surface area contributed by atoms with Crippen molar-refractivity contribution in [3.8, 4) is 28.7 Å². The number of hydrogen-bond acceptors (Lipinski definition) is 5. The molecule has 41 heavy (non-hydrogen) atoms. The topological polar surface area (TPSA) is 133 Å². The van der Waals surface area contributed by atoms with Crippen LogP contribution >= 0.6 is 0 Å². The molecule has 0 atom stereocenters. The van der Waals surface area contributed by atoms with Gasteiger partial charge in [-0.15, -0.1) is 0 Å². The molecular formula is C30H32O6Ti5. The van der Waals surface area contributed by atoms with Gasteiger partial charge < -0.3 is 31.0 Å². The minimum Gasteiger partial charge on any atom is -0.508 e. The van der Waals surface area contributed by atoms with Gasteiger partial charge >= 0.3 is 0 Å². The number of benzene rings is 5. The number of aromatic hydroxyl groups is 5. The maximum atomic E-state index is 8.63. The SMILES string of the molecule is O.Oc1ccccc1.Oc1ccccc1.Oc1ccccc1.Oc1ccccc1.Oc1ccccc1.[Ti].[Ti].[Ti].[Ti].[Ti]. The smallest absolute Gasteiger partial charge is 0.115 e. The quantitative estimate of drug-likeness (QED) is 0.123. The van der Waals surface area contributed by atoms with Crippen molar-refractivity contribution in [1.29, 1.82) is 0 Å². The van der Waals surface area contributed by atoms with E-state index in [4.69, 9.17) is 25.5 Å². The second kappa shape index (κ2) is 36.7. The number of phenols is 5. The van der Waals surface area contributed by atoms with Gasteiger partial charge in [-0.25, -0.2) is 0 Å². The third-order valence-electron chi connectivity index (χ3n) is 3.78. The van der Waals surface area contributed by atoms with Crippen LogP contribution in [0.4, 0.5) is 0 Å². The van der Waals surface area contributed by atoms with Crippen LogP contribution in [-0.4, -0.2) is 31.0 Å². The zero-order valence-corrected chi connectivity index (χ0v) is 30.0. The van der Waals surface area contributed by atoms with Crippen molar-refractivity contribution in [1.82, 2.24) is 0 Å². The first-order valence-electron chi connectivity index (χ1n) is 10.7. The summed E-state index contributed by atoms with van der Waals surface area (Å²) in [5.74, 6) is 1.61. The molecule has 0 aliphatic heterocycles. The van der Waals surface area contributed by atoms with E-state index in [1.807, 2.05) is 30.3 Å². The average molecular weight is 728 g/mol. The standard InChI is InChI=1S/5C6H6O.H2O.5Ti/c5*7-6-4-2-1-3-5-6;;;;;;/h5*1-5,7H;1H2;;;;;. The Balaban J connectivity index is -0.0000000901. The fourth-order valence-corrected chi connectivity index (χ4v) is 2.14. The molecule has 6 nitrogen and oxygen atoms in total. The van der Waals surface area contributed by atoms with Crippen LogP contribution in [0.25, 0.3) is 0 Å². The fourth-order valence-electron chi connectivity index (χ4n) is 2.14. The molecule has 0 unspecified atom stereocenters. The van der Waals surface area contributed by atoms with E-state index in [1.54, 1.807) is 121 Å². The predicted octanol–water partition coefficient (Wildman–Crippen LogP) is 6.12. The maximum absolute atomic E-state index is 8.63. The van der Waals surface area contributed by atoms with Gasteiger partial charge in [-0.05, 0) is 60.7 Å². The Labute approximate surface area is 316 Å². The Hall–Kier alpha value is -1.37. The second-order valence-electron chi connectivity index (χ2n) is 6.68. The summed E-state index contributed by atoms with van der Waals surface area (Å²) in [4.78, 5) is 0. The minimum atomic E-state index is 0. The molecule has 11 heteroatoms. The normalized spacial score (nSPS) is 7.32. The van der Waals surface area contributed by atoms with Gasteiger partial charge in [0.1, 0.15) is 28.7 Å². The summed E-state index contributed by atoms with van der Waals surface area (Å²) >= 11 is 0. The summed E-state index contributed by atoms with van der Waals surface area (Å²) in [5.41, 5.74) is 0. The molecular weight excluding hydrogens is 696 g/mol. The number of hydrogen-bond donors (Lipinski definition) is 5. The third-order valence-corrected chi connectivity index (χ3v) is 3.78. The van der Waals surface area contributed by atoms with Crippen molar-refractivity contribution >= 4 is 0 Å². The third kappa shape index (κ3) is 34.7. The molecule has 0 aliphatic rings. The van der Waals surface area contributed by atoms with Crippen molar-refractivity contribution in [2.45, 2.75) is 0 Å². The predicted molar refractivity (Wildman–Crippen MR) is 144 cm³/mol. The molecule has 7 N–H and O–H groups in total. The Morgan fingerprint density at radius 2 is 0.317 bits per heavy atom. The van der Waals surface area contributed by atoms with Crippen LogP contribution in [-0.2, 0) is 109 Å². The first-order valence-corrected chi connectivity index (χ1v) is 10.7. The number of para-hydroxylation sites is 5. The van der Waals surface area contributed by atoms with Gasteiger partial charge in [0, 0.05) is 109 Å². The Morgan fingerprint density at radius 1 is 0.220 bits per heavy atom. The average Bonchev–Trinajstić information content (AvgIpc) is 2.88. The summed E-state index contributed by atoms with van der Waals surface area (Å²) in [6.45, 7) is 0. The molecule has 208 valence electrons. The minimum absolute atomic E-state index is 0. The van der Waals surface area contributed by atoms with E-state index in [9.17, 15) is 0 Å². The van der Waals surface area contributed by atoms with Gasteiger partial charge in [-0.3, -0.25) is 0 Å². The van der Waals surface area contributed by atoms with Crippen molar-refractivity contribution in [2.75, 3.05) is 0 Å². The first-order chi connectivity index (χ1) is 17.0. The molecule has 0 fully saturated rings. The zero-order valence-electron chi connectivity index (χ0n) is 22.2. The zero-order chi connectivity index (χ0) is 25.6. The number of rotatable bonds is 0. The molecule has 0 radical (unpaired) electrons. The van der Waals surface area contributed by atoms with Crippen LogP contribution < -0.4 is 0 Å². The largest absolute Gasteiger partial charge is 0.508 e. The van der Waals surface area contributed by atoms with Crippen molar-refractivity contribution in [3.63, 3.8) is 0 Å². The molecule has 0 saturated carbocycles. The van der Waals surface area contributed by atoms with E-state index < -0.39 is 0 Å². The Kier molecular flexibility index (Phi) is 46.8. The molecule has 0 aliphatic carbocycles. The summed E-state index contributed by atoms with van der Waals surface area (Å²) in [6.07, 6.45) is 0. The van der Waals surface area contributed by atoms with E-state index >= 15 is 0 Å². The first kappa shape index (κ1) is 52.3. The molecule has 0 aromatic heterocycles. The van der Waals surface area contributed by atoms with Crippen LogP contribution in [0.2, 0.25) is 0 Å². The molecule has 0 heterocycles. The van der Waals surface area contributed by atoms with Crippen molar-refractivity contribution < 1.29 is 140 Å². The van der Waals surface area contributed by atoms with Gasteiger partial charge in [0.05, 0.1) is 0 Å². The molecule has 0 amide bonds. The monoisotopic (exact) mass is 728 g/mol. The van der Waals surface area contributed by atoms with Gasteiger partial charge in [-0.2, -0.15) is 0 Å². The van der Waals surface area contributed by atoms with Gasteiger partial charge in [0.2, 0.25) is 0 Å². The van der Waals surface area contributed by atoms with Gasteiger partial charge in [0.25, 0.3) is 0 Å².